The van der Waals surface area contributed by atoms with Crippen molar-refractivity contribution in [2.75, 3.05) is 21.3 Å². The van der Waals surface area contributed by atoms with E-state index < -0.39 is 11.9 Å². The van der Waals surface area contributed by atoms with Crippen LogP contribution in [0.4, 0.5) is 4.39 Å². The molecule has 0 N–H and O–H groups in total. The number of hydrogen-bond acceptors (Lipinski definition) is 6. The molecule has 0 saturated heterocycles. The molecule has 0 radical (unpaired) electrons. The first kappa shape index (κ1) is 26.2. The van der Waals surface area contributed by atoms with Crippen molar-refractivity contribution in [3.63, 3.8) is 0 Å². The Kier molecular flexibility index (Phi) is 8.11. The van der Waals surface area contributed by atoms with E-state index in [1.54, 1.807) is 49.2 Å². The van der Waals surface area contributed by atoms with Crippen molar-refractivity contribution >= 4 is 11.8 Å². The molecule has 1 aliphatic rings. The second-order valence-corrected chi connectivity index (χ2v) is 9.29. The molecule has 2 aromatic carbocycles. The zero-order valence-electron chi connectivity index (χ0n) is 21.6. The zero-order valence-corrected chi connectivity index (χ0v) is 21.6. The normalized spacial score (nSPS) is 14.3. The monoisotopic (exact) mass is 509 g/mol. The average molecular weight is 510 g/mol. The molecule has 196 valence electrons. The minimum Gasteiger partial charge on any atom is -0.493 e. The number of rotatable bonds is 9. The van der Waals surface area contributed by atoms with Gasteiger partial charge in [0.1, 0.15) is 17.6 Å². The number of amides is 2. The Hall–Kier alpha value is -3.88. The van der Waals surface area contributed by atoms with E-state index in [2.05, 4.69) is 5.16 Å². The van der Waals surface area contributed by atoms with Crippen LogP contribution in [-0.4, -0.2) is 54.1 Å². The second kappa shape index (κ2) is 11.5. The summed E-state index contributed by atoms with van der Waals surface area (Å²) in [5, 5.41) is 3.92. The van der Waals surface area contributed by atoms with Gasteiger partial charge in [0.2, 0.25) is 5.91 Å². The Bertz CT molecular complexity index is 1240. The number of carbonyl (C=O) groups excluding carboxylic acids is 2. The molecule has 0 bridgehead atoms. The highest BCUT2D eigenvalue weighted by Crippen LogP contribution is 2.35. The first-order chi connectivity index (χ1) is 17.8. The van der Waals surface area contributed by atoms with Gasteiger partial charge in [-0.15, -0.1) is 0 Å². The predicted molar refractivity (Wildman–Crippen MR) is 135 cm³/mol. The highest BCUT2D eigenvalue weighted by Gasteiger charge is 2.38. The Morgan fingerprint density at radius 2 is 1.73 bits per heavy atom. The molecule has 9 heteroatoms. The topological polar surface area (TPSA) is 85.1 Å². The van der Waals surface area contributed by atoms with E-state index >= 15 is 0 Å². The molecular formula is C28H32FN3O5. The summed E-state index contributed by atoms with van der Waals surface area (Å²) in [7, 11) is 4.83. The number of carbonyl (C=O) groups is 2. The minimum absolute atomic E-state index is 0.0499. The molecule has 0 spiro atoms. The van der Waals surface area contributed by atoms with Crippen LogP contribution >= 0.6 is 0 Å². The molecule has 37 heavy (non-hydrogen) atoms. The van der Waals surface area contributed by atoms with Crippen LogP contribution in [0.5, 0.6) is 11.5 Å². The summed E-state index contributed by atoms with van der Waals surface area (Å²) in [6.07, 6.45) is 3.93. The number of methoxy groups -OCH3 is 2. The molecule has 1 aromatic heterocycles. The molecule has 3 aromatic rings. The lowest BCUT2D eigenvalue weighted by molar-refractivity contribution is -0.137. The molecular weight excluding hydrogens is 477 g/mol. The third kappa shape index (κ3) is 5.76. The summed E-state index contributed by atoms with van der Waals surface area (Å²) < 4.78 is 29.7. The molecule has 1 saturated carbocycles. The smallest absolute Gasteiger partial charge is 0.277 e. The van der Waals surface area contributed by atoms with Gasteiger partial charge in [-0.2, -0.15) is 0 Å². The fourth-order valence-electron chi connectivity index (χ4n) is 4.82. The predicted octanol–water partition coefficient (Wildman–Crippen LogP) is 4.92. The lowest BCUT2D eigenvalue weighted by atomic mass is 10.00. The maximum absolute atomic E-state index is 14.2. The van der Waals surface area contributed by atoms with Gasteiger partial charge in [0, 0.05) is 25.7 Å². The van der Waals surface area contributed by atoms with E-state index in [0.717, 1.165) is 25.7 Å². The van der Waals surface area contributed by atoms with Crippen LogP contribution < -0.4 is 9.47 Å². The number of ether oxygens (including phenoxy) is 2. The summed E-state index contributed by atoms with van der Waals surface area (Å²) in [5.74, 6) is 0.325. The van der Waals surface area contributed by atoms with Gasteiger partial charge >= 0.3 is 0 Å². The van der Waals surface area contributed by atoms with Crippen molar-refractivity contribution in [3.05, 3.63) is 76.9 Å². The fourth-order valence-corrected chi connectivity index (χ4v) is 4.82. The number of nitrogens with zero attached hydrogens (tertiary/aromatic N) is 3. The largest absolute Gasteiger partial charge is 0.493 e. The Morgan fingerprint density at radius 1 is 1.05 bits per heavy atom. The second-order valence-electron chi connectivity index (χ2n) is 9.29. The Balaban J connectivity index is 1.83. The van der Waals surface area contributed by atoms with Crippen molar-refractivity contribution < 1.29 is 28.0 Å². The molecule has 1 fully saturated rings. The summed E-state index contributed by atoms with van der Waals surface area (Å²) in [5.41, 5.74) is 1.31. The summed E-state index contributed by atoms with van der Waals surface area (Å²) in [4.78, 5) is 31.2. The SMILES string of the molecule is COc1ccc(C(C(=O)N(C)C2CCCC2)N(Cc2ccc(F)cc2)C(=O)c2cc(C)on2)cc1OC. The van der Waals surface area contributed by atoms with Crippen molar-refractivity contribution in [1.29, 1.82) is 0 Å². The van der Waals surface area contributed by atoms with E-state index in [1.165, 1.54) is 37.3 Å². The van der Waals surface area contributed by atoms with Gasteiger partial charge in [-0.05, 0) is 55.2 Å². The molecule has 1 unspecified atom stereocenters. The Morgan fingerprint density at radius 3 is 2.32 bits per heavy atom. The van der Waals surface area contributed by atoms with Crippen LogP contribution in [0.1, 0.15) is 59.1 Å². The fraction of sp³-hybridized carbons (Fsp3) is 0.393. The van der Waals surface area contributed by atoms with Crippen LogP contribution in [0, 0.1) is 12.7 Å². The first-order valence-corrected chi connectivity index (χ1v) is 12.3. The molecule has 2 amide bonds. The zero-order chi connectivity index (χ0) is 26.5. The number of benzene rings is 2. The first-order valence-electron chi connectivity index (χ1n) is 12.3. The van der Waals surface area contributed by atoms with Gasteiger partial charge in [-0.25, -0.2) is 4.39 Å². The van der Waals surface area contributed by atoms with Crippen LogP contribution in [0.15, 0.2) is 53.1 Å². The average Bonchev–Trinajstić information content (AvgIpc) is 3.60. The highest BCUT2D eigenvalue weighted by atomic mass is 19.1. The number of halogens is 1. The summed E-state index contributed by atoms with van der Waals surface area (Å²) >= 11 is 0. The quantitative estimate of drug-likeness (QED) is 0.407. The van der Waals surface area contributed by atoms with E-state index in [9.17, 15) is 14.0 Å². The molecule has 8 nitrogen and oxygen atoms in total. The third-order valence-electron chi connectivity index (χ3n) is 6.86. The summed E-state index contributed by atoms with van der Waals surface area (Å²) in [6, 6.07) is 11.7. The van der Waals surface area contributed by atoms with E-state index in [0.29, 0.717) is 28.4 Å². The highest BCUT2D eigenvalue weighted by molar-refractivity contribution is 5.96. The van der Waals surface area contributed by atoms with Gasteiger partial charge in [0.25, 0.3) is 5.91 Å². The van der Waals surface area contributed by atoms with Crippen molar-refractivity contribution in [1.82, 2.24) is 15.0 Å². The van der Waals surface area contributed by atoms with Crippen molar-refractivity contribution in [2.24, 2.45) is 0 Å². The van der Waals surface area contributed by atoms with Gasteiger partial charge in [-0.1, -0.05) is 36.2 Å². The number of aryl methyl sites for hydroxylation is 1. The van der Waals surface area contributed by atoms with E-state index in [4.69, 9.17) is 14.0 Å². The molecule has 4 rings (SSSR count). The van der Waals surface area contributed by atoms with Crippen LogP contribution in [-0.2, 0) is 11.3 Å². The summed E-state index contributed by atoms with van der Waals surface area (Å²) in [6.45, 7) is 1.74. The molecule has 0 aliphatic heterocycles. The molecule has 1 heterocycles. The lowest BCUT2D eigenvalue weighted by Crippen LogP contribution is -2.46. The van der Waals surface area contributed by atoms with Gasteiger partial charge in [0.05, 0.1) is 14.2 Å². The number of hydrogen-bond donors (Lipinski definition) is 0. The van der Waals surface area contributed by atoms with Gasteiger partial charge in [0.15, 0.2) is 17.2 Å². The number of likely N-dealkylation sites (N-methyl/N-ethyl adjacent to an activating group) is 1. The molecule has 1 aliphatic carbocycles. The van der Waals surface area contributed by atoms with Gasteiger partial charge in [-0.3, -0.25) is 9.59 Å². The van der Waals surface area contributed by atoms with Crippen molar-refractivity contribution in [2.45, 2.75) is 51.2 Å². The van der Waals surface area contributed by atoms with Crippen LogP contribution in [0.3, 0.4) is 0 Å². The molecule has 1 atom stereocenters. The van der Waals surface area contributed by atoms with Crippen LogP contribution in [0.2, 0.25) is 0 Å². The minimum atomic E-state index is -1.00. The van der Waals surface area contributed by atoms with Gasteiger partial charge < -0.3 is 23.8 Å². The maximum atomic E-state index is 14.2. The van der Waals surface area contributed by atoms with Crippen LogP contribution in [0.25, 0.3) is 0 Å². The number of aromatic nitrogens is 1. The Labute approximate surface area is 215 Å². The standard InChI is InChI=1S/C28H32FN3O5/c1-18-15-23(30-37-18)27(33)32(17-19-9-12-21(29)13-10-19)26(28(34)31(2)22-7-5-6-8-22)20-11-14-24(35-3)25(16-20)36-4/h9-16,22,26H,5-8,17H2,1-4H3. The van der Waals surface area contributed by atoms with E-state index in [-0.39, 0.29) is 30.0 Å². The maximum Gasteiger partial charge on any atom is 0.277 e. The van der Waals surface area contributed by atoms with Crippen molar-refractivity contribution in [3.8, 4) is 11.5 Å². The van der Waals surface area contributed by atoms with E-state index in [1.807, 2.05) is 0 Å². The third-order valence-corrected chi connectivity index (χ3v) is 6.86. The lowest BCUT2D eigenvalue weighted by Gasteiger charge is -2.36.